The Hall–Kier alpha value is -3.71. The van der Waals surface area contributed by atoms with Crippen molar-refractivity contribution in [1.29, 1.82) is 0 Å². The summed E-state index contributed by atoms with van der Waals surface area (Å²) in [5, 5.41) is 18.6. The van der Waals surface area contributed by atoms with Crippen LogP contribution in [-0.2, 0) is 13.1 Å². The smallest absolute Gasteiger partial charge is 0.407 e. The number of rotatable bonds is 9. The summed E-state index contributed by atoms with van der Waals surface area (Å²) in [5.41, 5.74) is 4.47. The highest BCUT2D eigenvalue weighted by atomic mass is 16.4. The molecule has 36 heavy (non-hydrogen) atoms. The highest BCUT2D eigenvalue weighted by Crippen LogP contribution is 2.31. The first kappa shape index (κ1) is 24.0. The molecule has 5 rings (SSSR count). The van der Waals surface area contributed by atoms with Gasteiger partial charge in [0.2, 0.25) is 0 Å². The molecule has 4 aromatic rings. The third-order valence-corrected chi connectivity index (χ3v) is 7.17. The molecule has 1 saturated heterocycles. The van der Waals surface area contributed by atoms with Gasteiger partial charge in [-0.25, -0.2) is 9.48 Å². The van der Waals surface area contributed by atoms with Crippen LogP contribution in [0.3, 0.4) is 0 Å². The molecule has 7 nitrogen and oxygen atoms in total. The molecule has 1 aliphatic heterocycles. The van der Waals surface area contributed by atoms with Crippen molar-refractivity contribution in [2.75, 3.05) is 13.1 Å². The second-order valence-corrected chi connectivity index (χ2v) is 9.65. The molecule has 0 saturated carbocycles. The number of likely N-dealkylation sites (tertiary alicyclic amines) is 1. The first-order valence-electron chi connectivity index (χ1n) is 12.8. The van der Waals surface area contributed by atoms with Crippen LogP contribution in [0.4, 0.5) is 4.79 Å². The molecule has 0 unspecified atom stereocenters. The van der Waals surface area contributed by atoms with E-state index in [2.05, 4.69) is 63.7 Å². The summed E-state index contributed by atoms with van der Waals surface area (Å²) < 4.78 is 2.00. The van der Waals surface area contributed by atoms with Gasteiger partial charge >= 0.3 is 6.09 Å². The van der Waals surface area contributed by atoms with Crippen LogP contribution in [0.15, 0.2) is 84.9 Å². The van der Waals surface area contributed by atoms with Gasteiger partial charge in [-0.3, -0.25) is 4.90 Å². The fraction of sp³-hybridized carbons (Fsp3) is 0.345. The van der Waals surface area contributed by atoms with Crippen LogP contribution in [0.1, 0.15) is 42.9 Å². The highest BCUT2D eigenvalue weighted by molar-refractivity contribution is 5.74. The number of hydrogen-bond acceptors (Lipinski definition) is 4. The molecule has 1 fully saturated rings. The second kappa shape index (κ2) is 11.4. The molecule has 0 spiro atoms. The molecular formula is C29H33N5O2. The van der Waals surface area contributed by atoms with E-state index in [0.717, 1.165) is 56.4 Å². The Bertz CT molecular complexity index is 1220. The molecule has 186 valence electrons. The van der Waals surface area contributed by atoms with Gasteiger partial charge in [-0.15, -0.1) is 5.10 Å². The summed E-state index contributed by atoms with van der Waals surface area (Å²) in [4.78, 5) is 16.1. The molecule has 0 bridgehead atoms. The molecule has 0 aliphatic carbocycles. The van der Waals surface area contributed by atoms with Crippen molar-refractivity contribution in [3.05, 3.63) is 96.1 Å². The maximum Gasteiger partial charge on any atom is 0.407 e. The average molecular weight is 484 g/mol. The van der Waals surface area contributed by atoms with Crippen LogP contribution < -0.4 is 0 Å². The predicted molar refractivity (Wildman–Crippen MR) is 141 cm³/mol. The maximum absolute atomic E-state index is 12.0. The van der Waals surface area contributed by atoms with E-state index in [0.29, 0.717) is 6.54 Å². The summed E-state index contributed by atoms with van der Waals surface area (Å²) >= 11 is 0. The van der Waals surface area contributed by atoms with Crippen LogP contribution in [0.25, 0.3) is 11.0 Å². The lowest BCUT2D eigenvalue weighted by atomic mass is 9.94. The van der Waals surface area contributed by atoms with Crippen molar-refractivity contribution < 1.29 is 9.90 Å². The molecule has 1 aromatic heterocycles. The topological polar surface area (TPSA) is 74.5 Å². The van der Waals surface area contributed by atoms with Crippen molar-refractivity contribution in [2.24, 2.45) is 0 Å². The van der Waals surface area contributed by atoms with Gasteiger partial charge in [0.1, 0.15) is 5.52 Å². The van der Waals surface area contributed by atoms with Crippen molar-refractivity contribution >= 4 is 17.1 Å². The second-order valence-electron chi connectivity index (χ2n) is 9.65. The Morgan fingerprint density at radius 2 is 1.56 bits per heavy atom. The first-order valence-corrected chi connectivity index (χ1v) is 12.8. The standard InChI is InChI=1S/C29H33N5O2/c35-29(36)33-19-17-26(34-28-16-8-7-15-27(28)30-31-34)20-25(33)14-9-18-32(21-23-10-3-1-4-11-23)22-24-12-5-2-6-13-24/h1-8,10-13,15-16,25-26H,9,14,17-22H2,(H,35,36)/t25-,26-/m0/s1. The average Bonchev–Trinajstić information content (AvgIpc) is 3.34. The minimum Gasteiger partial charge on any atom is -0.465 e. The Kier molecular flexibility index (Phi) is 7.57. The molecular weight excluding hydrogens is 450 g/mol. The number of carboxylic acid groups (broad SMARTS) is 1. The fourth-order valence-corrected chi connectivity index (χ4v) is 5.38. The lowest BCUT2D eigenvalue weighted by Gasteiger charge is -2.38. The van der Waals surface area contributed by atoms with Gasteiger partial charge in [0, 0.05) is 25.7 Å². The fourth-order valence-electron chi connectivity index (χ4n) is 5.38. The Morgan fingerprint density at radius 3 is 2.22 bits per heavy atom. The third kappa shape index (κ3) is 5.74. The van der Waals surface area contributed by atoms with Gasteiger partial charge in [-0.2, -0.15) is 0 Å². The van der Waals surface area contributed by atoms with E-state index in [1.54, 1.807) is 4.90 Å². The van der Waals surface area contributed by atoms with Crippen LogP contribution in [0.5, 0.6) is 0 Å². The third-order valence-electron chi connectivity index (χ3n) is 7.17. The van der Waals surface area contributed by atoms with Gasteiger partial charge in [-0.1, -0.05) is 78.0 Å². The van der Waals surface area contributed by atoms with E-state index in [1.807, 2.05) is 41.1 Å². The number of para-hydroxylation sites is 1. The Labute approximate surface area is 212 Å². The number of carbonyl (C=O) groups is 1. The van der Waals surface area contributed by atoms with E-state index in [1.165, 1.54) is 11.1 Å². The Morgan fingerprint density at radius 1 is 0.917 bits per heavy atom. The minimum atomic E-state index is -0.827. The van der Waals surface area contributed by atoms with Crippen LogP contribution in [0, 0.1) is 0 Å². The largest absolute Gasteiger partial charge is 0.465 e. The quantitative estimate of drug-likeness (QED) is 0.336. The zero-order valence-corrected chi connectivity index (χ0v) is 20.5. The monoisotopic (exact) mass is 483 g/mol. The van der Waals surface area contributed by atoms with Crippen molar-refractivity contribution in [3.63, 3.8) is 0 Å². The molecule has 2 heterocycles. The molecule has 0 radical (unpaired) electrons. The summed E-state index contributed by atoms with van der Waals surface area (Å²) in [6.45, 7) is 3.18. The van der Waals surface area contributed by atoms with Crippen LogP contribution >= 0.6 is 0 Å². The molecule has 1 aliphatic rings. The number of nitrogens with zero attached hydrogens (tertiary/aromatic N) is 5. The van der Waals surface area contributed by atoms with E-state index in [9.17, 15) is 9.90 Å². The van der Waals surface area contributed by atoms with Crippen LogP contribution in [0.2, 0.25) is 0 Å². The first-order chi connectivity index (χ1) is 17.7. The van der Waals surface area contributed by atoms with Crippen LogP contribution in [-0.4, -0.2) is 55.1 Å². The van der Waals surface area contributed by atoms with E-state index >= 15 is 0 Å². The van der Waals surface area contributed by atoms with Gasteiger partial charge in [0.15, 0.2) is 0 Å². The summed E-state index contributed by atoms with van der Waals surface area (Å²) in [5.74, 6) is 0. The number of piperidine rings is 1. The predicted octanol–water partition coefficient (Wildman–Crippen LogP) is 5.60. The van der Waals surface area contributed by atoms with Crippen molar-refractivity contribution in [2.45, 2.75) is 50.9 Å². The number of benzene rings is 3. The SMILES string of the molecule is O=C(O)N1CC[C@H](n2nnc3ccccc32)C[C@@H]1CCCN(Cc1ccccc1)Cc1ccccc1. The van der Waals surface area contributed by atoms with Gasteiger partial charge in [0.05, 0.1) is 11.6 Å². The molecule has 1 amide bonds. The summed E-state index contributed by atoms with van der Waals surface area (Å²) in [7, 11) is 0. The summed E-state index contributed by atoms with van der Waals surface area (Å²) in [6.07, 6.45) is 2.45. The Balaban J connectivity index is 1.26. The van der Waals surface area contributed by atoms with Crippen molar-refractivity contribution in [1.82, 2.24) is 24.8 Å². The molecule has 7 heteroatoms. The van der Waals surface area contributed by atoms with Gasteiger partial charge < -0.3 is 10.0 Å². The molecule has 2 atom stereocenters. The van der Waals surface area contributed by atoms with E-state index in [4.69, 9.17) is 0 Å². The van der Waals surface area contributed by atoms with Gasteiger partial charge in [-0.05, 0) is 55.5 Å². The lowest BCUT2D eigenvalue weighted by Crippen LogP contribution is -2.46. The number of hydrogen-bond donors (Lipinski definition) is 1. The zero-order chi connectivity index (χ0) is 24.7. The van der Waals surface area contributed by atoms with E-state index in [-0.39, 0.29) is 12.1 Å². The minimum absolute atomic E-state index is 0.0282. The number of amides is 1. The molecule has 3 aromatic carbocycles. The zero-order valence-electron chi connectivity index (χ0n) is 20.5. The number of aromatic nitrogens is 3. The van der Waals surface area contributed by atoms with Gasteiger partial charge in [0.25, 0.3) is 0 Å². The summed E-state index contributed by atoms with van der Waals surface area (Å²) in [6, 6.07) is 29.2. The molecule has 1 N–H and O–H groups in total. The van der Waals surface area contributed by atoms with E-state index < -0.39 is 6.09 Å². The number of fused-ring (bicyclic) bond motifs is 1. The maximum atomic E-state index is 12.0. The highest BCUT2D eigenvalue weighted by Gasteiger charge is 2.33. The lowest BCUT2D eigenvalue weighted by molar-refractivity contribution is 0.0834. The van der Waals surface area contributed by atoms with Crippen molar-refractivity contribution in [3.8, 4) is 0 Å². The normalized spacial score (nSPS) is 18.1.